The van der Waals surface area contributed by atoms with Gasteiger partial charge in [-0.3, -0.25) is 13.9 Å². The molecular formula is C13H14N4O2S. The molecule has 0 amide bonds. The number of aromatic nitrogens is 4. The number of hydrogen-bond donors (Lipinski definition) is 0. The second-order valence-electron chi connectivity index (χ2n) is 4.48. The Bertz CT molecular complexity index is 755. The number of rotatable bonds is 4. The molecule has 0 fully saturated rings. The van der Waals surface area contributed by atoms with Crippen LogP contribution in [0.15, 0.2) is 24.0 Å². The third-order valence-corrected chi connectivity index (χ3v) is 3.99. The van der Waals surface area contributed by atoms with Gasteiger partial charge in [-0.1, -0.05) is 0 Å². The van der Waals surface area contributed by atoms with E-state index in [2.05, 4.69) is 14.8 Å². The number of imidazole rings is 1. The fourth-order valence-electron chi connectivity index (χ4n) is 2.03. The first-order chi connectivity index (χ1) is 9.67. The molecule has 0 atom stereocenters. The first-order valence-electron chi connectivity index (χ1n) is 6.18. The van der Waals surface area contributed by atoms with Gasteiger partial charge in [-0.2, -0.15) is 5.10 Å². The molecule has 6 nitrogen and oxygen atoms in total. The highest BCUT2D eigenvalue weighted by Gasteiger charge is 2.11. The van der Waals surface area contributed by atoms with Gasteiger partial charge in [0.15, 0.2) is 4.96 Å². The maximum Gasteiger partial charge on any atom is 0.305 e. The van der Waals surface area contributed by atoms with Crippen LogP contribution in [0.5, 0.6) is 0 Å². The van der Waals surface area contributed by atoms with Crippen molar-refractivity contribution in [1.29, 1.82) is 0 Å². The summed E-state index contributed by atoms with van der Waals surface area (Å²) in [7, 11) is 3.28. The summed E-state index contributed by atoms with van der Waals surface area (Å²) in [6.45, 7) is 0. The summed E-state index contributed by atoms with van der Waals surface area (Å²) < 4.78 is 8.44. The van der Waals surface area contributed by atoms with Crippen molar-refractivity contribution in [2.45, 2.75) is 12.8 Å². The molecule has 3 aromatic heterocycles. The Morgan fingerprint density at radius 2 is 2.30 bits per heavy atom. The summed E-state index contributed by atoms with van der Waals surface area (Å²) >= 11 is 1.57. The topological polar surface area (TPSA) is 61.4 Å². The second kappa shape index (κ2) is 5.09. The number of nitrogens with zero attached hydrogens (tertiary/aromatic N) is 4. The predicted octanol–water partition coefficient (Wildman–Crippen LogP) is 1.90. The third-order valence-electron chi connectivity index (χ3n) is 3.10. The molecular weight excluding hydrogens is 276 g/mol. The van der Waals surface area contributed by atoms with Gasteiger partial charge in [0.2, 0.25) is 0 Å². The molecule has 0 aliphatic carbocycles. The molecule has 0 radical (unpaired) electrons. The number of thiazole rings is 1. The molecule has 0 aromatic carbocycles. The average molecular weight is 290 g/mol. The van der Waals surface area contributed by atoms with Crippen molar-refractivity contribution in [3.8, 4) is 11.3 Å². The maximum absolute atomic E-state index is 11.2. The summed E-state index contributed by atoms with van der Waals surface area (Å²) in [5.74, 6) is -0.197. The van der Waals surface area contributed by atoms with Gasteiger partial charge in [0.05, 0.1) is 25.4 Å². The average Bonchev–Trinajstić information content (AvgIpc) is 3.11. The minimum absolute atomic E-state index is 0.197. The molecule has 104 valence electrons. The van der Waals surface area contributed by atoms with Crippen molar-refractivity contribution in [1.82, 2.24) is 19.2 Å². The Morgan fingerprint density at radius 1 is 1.45 bits per heavy atom. The molecule has 0 aliphatic rings. The van der Waals surface area contributed by atoms with Crippen molar-refractivity contribution in [3.05, 3.63) is 29.7 Å². The van der Waals surface area contributed by atoms with Crippen LogP contribution in [-0.2, 0) is 23.0 Å². The van der Waals surface area contributed by atoms with Crippen molar-refractivity contribution in [3.63, 3.8) is 0 Å². The summed E-state index contributed by atoms with van der Waals surface area (Å²) in [5.41, 5.74) is 2.95. The third kappa shape index (κ3) is 2.32. The smallest absolute Gasteiger partial charge is 0.305 e. The van der Waals surface area contributed by atoms with E-state index in [9.17, 15) is 4.79 Å². The largest absolute Gasteiger partial charge is 0.469 e. The predicted molar refractivity (Wildman–Crippen MR) is 75.6 cm³/mol. The lowest BCUT2D eigenvalue weighted by Gasteiger charge is -1.98. The summed E-state index contributed by atoms with van der Waals surface area (Å²) in [6, 6.07) is 0. The molecule has 3 rings (SSSR count). The van der Waals surface area contributed by atoms with Gasteiger partial charge in [0, 0.05) is 36.1 Å². The maximum atomic E-state index is 11.2. The Labute approximate surface area is 119 Å². The van der Waals surface area contributed by atoms with Gasteiger partial charge in [-0.25, -0.2) is 4.98 Å². The van der Waals surface area contributed by atoms with E-state index in [-0.39, 0.29) is 5.97 Å². The molecule has 20 heavy (non-hydrogen) atoms. The van der Waals surface area contributed by atoms with Crippen molar-refractivity contribution < 1.29 is 9.53 Å². The highest BCUT2D eigenvalue weighted by molar-refractivity contribution is 7.15. The number of esters is 1. The summed E-state index contributed by atoms with van der Waals surface area (Å²) in [6.07, 6.45) is 6.73. The molecule has 0 aliphatic heterocycles. The fraction of sp³-hybridized carbons (Fsp3) is 0.308. The molecule has 3 aromatic rings. The van der Waals surface area contributed by atoms with Crippen LogP contribution >= 0.6 is 11.3 Å². The van der Waals surface area contributed by atoms with Gasteiger partial charge in [0.25, 0.3) is 0 Å². The van der Waals surface area contributed by atoms with Crippen LogP contribution in [0.1, 0.15) is 12.1 Å². The molecule has 0 spiro atoms. The summed E-state index contributed by atoms with van der Waals surface area (Å²) in [4.78, 5) is 16.7. The lowest BCUT2D eigenvalue weighted by molar-refractivity contribution is -0.140. The van der Waals surface area contributed by atoms with Gasteiger partial charge in [-0.15, -0.1) is 11.3 Å². The van der Waals surface area contributed by atoms with Gasteiger partial charge in [-0.05, 0) is 6.42 Å². The SMILES string of the molecule is COC(=O)CCc1csc2nc(-c3cnn(C)c3)cn12. The van der Waals surface area contributed by atoms with Crippen LogP contribution < -0.4 is 0 Å². The summed E-state index contributed by atoms with van der Waals surface area (Å²) in [5, 5.41) is 6.18. The molecule has 3 heterocycles. The molecule has 0 saturated heterocycles. The lowest BCUT2D eigenvalue weighted by atomic mass is 10.2. The van der Waals surface area contributed by atoms with E-state index >= 15 is 0 Å². The van der Waals surface area contributed by atoms with Crippen LogP contribution in [0.2, 0.25) is 0 Å². The van der Waals surface area contributed by atoms with E-state index in [4.69, 9.17) is 0 Å². The van der Waals surface area contributed by atoms with E-state index in [1.165, 1.54) is 7.11 Å². The minimum atomic E-state index is -0.197. The molecule has 0 saturated carbocycles. The van der Waals surface area contributed by atoms with E-state index < -0.39 is 0 Å². The Kier molecular flexibility index (Phi) is 3.27. The number of carbonyl (C=O) groups excluding carboxylic acids is 1. The number of hydrogen-bond acceptors (Lipinski definition) is 5. The van der Waals surface area contributed by atoms with Crippen molar-refractivity contribution >= 4 is 22.3 Å². The van der Waals surface area contributed by atoms with Crippen LogP contribution in [0.25, 0.3) is 16.2 Å². The normalized spacial score (nSPS) is 11.1. The molecule has 7 heteroatoms. The lowest BCUT2D eigenvalue weighted by Crippen LogP contribution is -2.02. The van der Waals surface area contributed by atoms with E-state index in [1.807, 2.05) is 29.2 Å². The zero-order valence-corrected chi connectivity index (χ0v) is 12.1. The zero-order valence-electron chi connectivity index (χ0n) is 11.2. The van der Waals surface area contributed by atoms with Gasteiger partial charge < -0.3 is 4.74 Å². The van der Waals surface area contributed by atoms with Crippen LogP contribution in [0.3, 0.4) is 0 Å². The van der Waals surface area contributed by atoms with Crippen molar-refractivity contribution in [2.75, 3.05) is 7.11 Å². The van der Waals surface area contributed by atoms with Gasteiger partial charge >= 0.3 is 5.97 Å². The van der Waals surface area contributed by atoms with Crippen LogP contribution in [-0.4, -0.2) is 32.2 Å². The second-order valence-corrected chi connectivity index (χ2v) is 5.32. The monoisotopic (exact) mass is 290 g/mol. The van der Waals surface area contributed by atoms with E-state index in [0.29, 0.717) is 12.8 Å². The zero-order chi connectivity index (χ0) is 14.1. The number of fused-ring (bicyclic) bond motifs is 1. The van der Waals surface area contributed by atoms with E-state index in [0.717, 1.165) is 21.9 Å². The molecule has 0 N–H and O–H groups in total. The number of carbonyl (C=O) groups is 1. The quantitative estimate of drug-likeness (QED) is 0.689. The van der Waals surface area contributed by atoms with Crippen LogP contribution in [0.4, 0.5) is 0 Å². The highest BCUT2D eigenvalue weighted by Crippen LogP contribution is 2.23. The highest BCUT2D eigenvalue weighted by atomic mass is 32.1. The van der Waals surface area contributed by atoms with E-state index in [1.54, 1.807) is 22.2 Å². The van der Waals surface area contributed by atoms with Crippen LogP contribution in [0, 0.1) is 0 Å². The Hall–Kier alpha value is -2.15. The molecule has 0 bridgehead atoms. The Balaban J connectivity index is 1.88. The standard InChI is InChI=1S/C13H14N4O2S/c1-16-6-9(5-14-16)11-7-17-10(3-4-12(18)19-2)8-20-13(17)15-11/h5-8H,3-4H2,1-2H3. The number of aryl methyl sites for hydroxylation is 2. The van der Waals surface area contributed by atoms with Crippen molar-refractivity contribution in [2.24, 2.45) is 7.05 Å². The number of ether oxygens (including phenoxy) is 1. The molecule has 0 unspecified atom stereocenters. The first-order valence-corrected chi connectivity index (χ1v) is 7.06. The van der Waals surface area contributed by atoms with Gasteiger partial charge in [0.1, 0.15) is 0 Å². The first kappa shape index (κ1) is 12.9. The number of methoxy groups -OCH3 is 1. The Morgan fingerprint density at radius 3 is 3.00 bits per heavy atom. The minimum Gasteiger partial charge on any atom is -0.469 e. The fourth-order valence-corrected chi connectivity index (χ4v) is 2.94.